The van der Waals surface area contributed by atoms with Crippen LogP contribution in [0.25, 0.3) is 0 Å². The van der Waals surface area contributed by atoms with Crippen LogP contribution in [-0.4, -0.2) is 56.8 Å². The van der Waals surface area contributed by atoms with Crippen LogP contribution in [0.3, 0.4) is 0 Å². The maximum Gasteiger partial charge on any atom is 0.243 e. The Morgan fingerprint density at radius 1 is 1.03 bits per heavy atom. The molecule has 0 N–H and O–H groups in total. The summed E-state index contributed by atoms with van der Waals surface area (Å²) in [6, 6.07) is 13.7. The van der Waals surface area contributed by atoms with E-state index in [-0.39, 0.29) is 29.8 Å². The number of carbonyl (C=O) groups excluding carboxylic acids is 1. The Kier molecular flexibility index (Phi) is 6.55. The summed E-state index contributed by atoms with van der Waals surface area (Å²) < 4.78 is 33.4. The van der Waals surface area contributed by atoms with E-state index in [9.17, 15) is 13.2 Å². The molecule has 166 valence electrons. The largest absolute Gasteiger partial charge is 0.497 e. The minimum Gasteiger partial charge on any atom is -0.497 e. The number of rotatable bonds is 5. The van der Waals surface area contributed by atoms with Gasteiger partial charge in [-0.05, 0) is 61.2 Å². The fraction of sp³-hybridized carbons (Fsp3) is 0.435. The van der Waals surface area contributed by atoms with Crippen LogP contribution >= 0.6 is 11.6 Å². The molecule has 0 bridgehead atoms. The van der Waals surface area contributed by atoms with Gasteiger partial charge in [-0.2, -0.15) is 4.31 Å². The standard InChI is InChI=1S/C23H27ClN2O4S/c1-30-19-7-5-6-17(14-19)21-15-26(31(28,29)20-10-8-18(24)9-11-20)16-22(21)23(27)25-12-3-2-4-13-25/h5-11,14,21-22H,2-4,12-13,15-16H2,1H3. The fourth-order valence-electron chi connectivity index (χ4n) is 4.53. The molecule has 1 amide bonds. The highest BCUT2D eigenvalue weighted by molar-refractivity contribution is 7.89. The monoisotopic (exact) mass is 462 g/mol. The first-order chi connectivity index (χ1) is 14.9. The minimum absolute atomic E-state index is 0.0429. The molecule has 2 aliphatic heterocycles. The number of benzene rings is 2. The van der Waals surface area contributed by atoms with Gasteiger partial charge in [0, 0.05) is 37.1 Å². The van der Waals surface area contributed by atoms with E-state index in [1.165, 1.54) is 16.4 Å². The predicted octanol–water partition coefficient (Wildman–Crippen LogP) is 3.77. The third kappa shape index (κ3) is 4.59. The third-order valence-electron chi connectivity index (χ3n) is 6.24. The van der Waals surface area contributed by atoms with Crippen LogP contribution in [0.2, 0.25) is 5.02 Å². The first-order valence-electron chi connectivity index (χ1n) is 10.6. The second kappa shape index (κ2) is 9.18. The van der Waals surface area contributed by atoms with E-state index in [0.717, 1.165) is 37.9 Å². The average Bonchev–Trinajstić information content (AvgIpc) is 3.26. The van der Waals surface area contributed by atoms with E-state index in [1.54, 1.807) is 19.2 Å². The summed E-state index contributed by atoms with van der Waals surface area (Å²) >= 11 is 5.93. The average molecular weight is 463 g/mol. The second-order valence-electron chi connectivity index (χ2n) is 8.15. The van der Waals surface area contributed by atoms with Crippen LogP contribution in [0.1, 0.15) is 30.7 Å². The summed E-state index contributed by atoms with van der Waals surface area (Å²) in [4.78, 5) is 15.5. The van der Waals surface area contributed by atoms with E-state index in [2.05, 4.69) is 0 Å². The SMILES string of the molecule is COc1cccc(C2CN(S(=O)(=O)c3ccc(Cl)cc3)CC2C(=O)N2CCCCC2)c1. The molecule has 0 spiro atoms. The molecule has 2 aromatic rings. The van der Waals surface area contributed by atoms with Gasteiger partial charge in [0.1, 0.15) is 5.75 Å². The number of amides is 1. The molecule has 2 unspecified atom stereocenters. The highest BCUT2D eigenvalue weighted by atomic mass is 35.5. The molecule has 2 saturated heterocycles. The normalized spacial score (nSPS) is 22.5. The Morgan fingerprint density at radius 3 is 2.42 bits per heavy atom. The summed E-state index contributed by atoms with van der Waals surface area (Å²) in [5, 5.41) is 0.479. The summed E-state index contributed by atoms with van der Waals surface area (Å²) in [5.41, 5.74) is 0.920. The number of methoxy groups -OCH3 is 1. The molecule has 31 heavy (non-hydrogen) atoms. The molecule has 2 heterocycles. The Morgan fingerprint density at radius 2 is 1.74 bits per heavy atom. The summed E-state index contributed by atoms with van der Waals surface area (Å²) in [6.07, 6.45) is 3.12. The van der Waals surface area contributed by atoms with Crippen molar-refractivity contribution in [2.24, 2.45) is 5.92 Å². The molecule has 0 aromatic heterocycles. The zero-order chi connectivity index (χ0) is 22.0. The molecule has 2 aromatic carbocycles. The maximum absolute atomic E-state index is 13.4. The molecule has 4 rings (SSSR count). The smallest absolute Gasteiger partial charge is 0.243 e. The van der Waals surface area contributed by atoms with E-state index in [0.29, 0.717) is 10.8 Å². The Balaban J connectivity index is 1.67. The number of sulfonamides is 1. The van der Waals surface area contributed by atoms with Crippen molar-refractivity contribution < 1.29 is 17.9 Å². The number of hydrogen-bond donors (Lipinski definition) is 0. The van der Waals surface area contributed by atoms with Gasteiger partial charge in [-0.25, -0.2) is 8.42 Å². The van der Waals surface area contributed by atoms with Crippen LogP contribution in [0.15, 0.2) is 53.4 Å². The van der Waals surface area contributed by atoms with Gasteiger partial charge >= 0.3 is 0 Å². The summed E-state index contributed by atoms with van der Waals surface area (Å²) in [6.45, 7) is 1.90. The van der Waals surface area contributed by atoms with Gasteiger partial charge in [-0.1, -0.05) is 23.7 Å². The fourth-order valence-corrected chi connectivity index (χ4v) is 6.15. The number of nitrogens with zero attached hydrogens (tertiary/aromatic N) is 2. The lowest BCUT2D eigenvalue weighted by Crippen LogP contribution is -2.42. The third-order valence-corrected chi connectivity index (χ3v) is 8.34. The van der Waals surface area contributed by atoms with Gasteiger partial charge in [0.2, 0.25) is 15.9 Å². The van der Waals surface area contributed by atoms with Gasteiger partial charge in [-0.15, -0.1) is 0 Å². The first-order valence-corrected chi connectivity index (χ1v) is 12.4. The number of piperidine rings is 1. The van der Waals surface area contributed by atoms with Crippen molar-refractivity contribution in [3.05, 3.63) is 59.1 Å². The lowest BCUT2D eigenvalue weighted by molar-refractivity contribution is -0.136. The van der Waals surface area contributed by atoms with E-state index in [4.69, 9.17) is 16.3 Å². The Labute approximate surface area is 188 Å². The van der Waals surface area contributed by atoms with E-state index in [1.807, 2.05) is 29.2 Å². The molecule has 2 atom stereocenters. The quantitative estimate of drug-likeness (QED) is 0.678. The lowest BCUT2D eigenvalue weighted by atomic mass is 9.87. The molecular weight excluding hydrogens is 436 g/mol. The van der Waals surface area contributed by atoms with Gasteiger partial charge in [0.05, 0.1) is 17.9 Å². The molecule has 0 saturated carbocycles. The van der Waals surface area contributed by atoms with Crippen molar-refractivity contribution in [2.75, 3.05) is 33.3 Å². The highest BCUT2D eigenvalue weighted by Gasteiger charge is 2.45. The van der Waals surface area contributed by atoms with Crippen molar-refractivity contribution >= 4 is 27.5 Å². The molecule has 2 aliphatic rings. The van der Waals surface area contributed by atoms with Gasteiger partial charge in [-0.3, -0.25) is 4.79 Å². The van der Waals surface area contributed by atoms with Crippen molar-refractivity contribution in [1.29, 1.82) is 0 Å². The van der Waals surface area contributed by atoms with Crippen molar-refractivity contribution in [1.82, 2.24) is 9.21 Å². The zero-order valence-corrected chi connectivity index (χ0v) is 19.1. The van der Waals surface area contributed by atoms with Gasteiger partial charge < -0.3 is 9.64 Å². The molecule has 6 nitrogen and oxygen atoms in total. The Bertz CT molecular complexity index is 1040. The van der Waals surface area contributed by atoms with Crippen LogP contribution in [-0.2, 0) is 14.8 Å². The number of ether oxygens (including phenoxy) is 1. The van der Waals surface area contributed by atoms with Crippen LogP contribution in [0.4, 0.5) is 0 Å². The molecule has 0 radical (unpaired) electrons. The number of carbonyl (C=O) groups is 1. The molecule has 2 fully saturated rings. The van der Waals surface area contributed by atoms with Crippen LogP contribution < -0.4 is 4.74 Å². The van der Waals surface area contributed by atoms with Crippen molar-refractivity contribution in [3.8, 4) is 5.75 Å². The molecule has 8 heteroatoms. The second-order valence-corrected chi connectivity index (χ2v) is 10.5. The topological polar surface area (TPSA) is 66.9 Å². The van der Waals surface area contributed by atoms with Crippen molar-refractivity contribution in [2.45, 2.75) is 30.1 Å². The van der Waals surface area contributed by atoms with Crippen molar-refractivity contribution in [3.63, 3.8) is 0 Å². The van der Waals surface area contributed by atoms with E-state index >= 15 is 0 Å². The number of halogens is 1. The number of hydrogen-bond acceptors (Lipinski definition) is 4. The molecule has 0 aliphatic carbocycles. The van der Waals surface area contributed by atoms with E-state index < -0.39 is 15.9 Å². The predicted molar refractivity (Wildman–Crippen MR) is 120 cm³/mol. The van der Waals surface area contributed by atoms with Crippen LogP contribution in [0, 0.1) is 5.92 Å². The first kappa shape index (κ1) is 22.1. The molecular formula is C23H27ClN2O4S. The van der Waals surface area contributed by atoms with Gasteiger partial charge in [0.15, 0.2) is 0 Å². The van der Waals surface area contributed by atoms with Crippen LogP contribution in [0.5, 0.6) is 5.75 Å². The minimum atomic E-state index is -3.74. The zero-order valence-electron chi connectivity index (χ0n) is 17.5. The summed E-state index contributed by atoms with van der Waals surface area (Å²) in [7, 11) is -2.14. The highest BCUT2D eigenvalue weighted by Crippen LogP contribution is 2.38. The maximum atomic E-state index is 13.4. The Hall–Kier alpha value is -2.09. The summed E-state index contributed by atoms with van der Waals surface area (Å²) in [5.74, 6) is 0.0842. The van der Waals surface area contributed by atoms with Gasteiger partial charge in [0.25, 0.3) is 0 Å². The lowest BCUT2D eigenvalue weighted by Gasteiger charge is -2.31. The number of likely N-dealkylation sites (tertiary alicyclic amines) is 1.